The molecule has 1 rings (SSSR count). The molecule has 3 N–H and O–H groups in total. The number of aliphatic hydroxyl groups is 1. The van der Waals surface area contributed by atoms with Gasteiger partial charge in [-0.25, -0.2) is 0 Å². The summed E-state index contributed by atoms with van der Waals surface area (Å²) < 4.78 is 0. The van der Waals surface area contributed by atoms with Crippen molar-refractivity contribution in [2.24, 2.45) is 5.73 Å². The monoisotopic (exact) mass is 166 g/mol. The second-order valence-electron chi connectivity index (χ2n) is 2.70. The van der Waals surface area contributed by atoms with E-state index in [9.17, 15) is 0 Å². The molecule has 0 saturated carbocycles. The molecule has 0 saturated heterocycles. The number of nitrogens with two attached hydrogens (primary N) is 1. The quantitative estimate of drug-likeness (QED) is 0.692. The van der Waals surface area contributed by atoms with Crippen molar-refractivity contribution in [3.63, 3.8) is 0 Å². The zero-order chi connectivity index (χ0) is 8.97. The Morgan fingerprint density at radius 3 is 2.92 bits per heavy atom. The van der Waals surface area contributed by atoms with Crippen molar-refractivity contribution >= 4 is 0 Å². The molecule has 0 unspecified atom stereocenters. The largest absolute Gasteiger partial charge is 0.394 e. The summed E-state index contributed by atoms with van der Waals surface area (Å²) in [4.78, 5) is 4.28. The van der Waals surface area contributed by atoms with Gasteiger partial charge in [0.1, 0.15) is 0 Å². The molecule has 1 aromatic rings. The highest BCUT2D eigenvalue weighted by molar-refractivity contribution is 5.13. The molecule has 1 aromatic heterocycles. The summed E-state index contributed by atoms with van der Waals surface area (Å²) in [5.74, 6) is 0. The first kappa shape index (κ1) is 9.16. The first-order chi connectivity index (χ1) is 5.77. The van der Waals surface area contributed by atoms with Crippen LogP contribution in [0.15, 0.2) is 18.2 Å². The fourth-order valence-corrected chi connectivity index (χ4v) is 0.995. The molecule has 0 fully saturated rings. The van der Waals surface area contributed by atoms with Crippen LogP contribution in [-0.4, -0.2) is 16.7 Å². The van der Waals surface area contributed by atoms with E-state index < -0.39 is 0 Å². The topological polar surface area (TPSA) is 59.1 Å². The van der Waals surface area contributed by atoms with Crippen LogP contribution in [0.25, 0.3) is 0 Å². The van der Waals surface area contributed by atoms with E-state index in [1.165, 1.54) is 0 Å². The summed E-state index contributed by atoms with van der Waals surface area (Å²) >= 11 is 0. The summed E-state index contributed by atoms with van der Waals surface area (Å²) in [6, 6.07) is 5.35. The summed E-state index contributed by atoms with van der Waals surface area (Å²) in [6.07, 6.45) is 0.895. The Labute approximate surface area is 72.2 Å². The number of rotatable bonds is 3. The Hall–Kier alpha value is -0.930. The highest BCUT2D eigenvalue weighted by Gasteiger charge is 2.04. The molecular weight excluding hydrogens is 152 g/mol. The van der Waals surface area contributed by atoms with Crippen LogP contribution >= 0.6 is 0 Å². The van der Waals surface area contributed by atoms with Crippen LogP contribution in [0.3, 0.4) is 0 Å². The van der Waals surface area contributed by atoms with Crippen LogP contribution in [-0.2, 0) is 6.42 Å². The molecule has 0 aliphatic heterocycles. The van der Waals surface area contributed by atoms with Crippen LogP contribution in [0, 0.1) is 0 Å². The van der Waals surface area contributed by atoms with Gasteiger partial charge >= 0.3 is 0 Å². The van der Waals surface area contributed by atoms with E-state index in [0.29, 0.717) is 0 Å². The van der Waals surface area contributed by atoms with Crippen LogP contribution < -0.4 is 5.73 Å². The molecule has 0 aromatic carbocycles. The summed E-state index contributed by atoms with van der Waals surface area (Å²) in [7, 11) is 0. The van der Waals surface area contributed by atoms with Gasteiger partial charge in [-0.1, -0.05) is 13.0 Å². The van der Waals surface area contributed by atoms with Crippen molar-refractivity contribution in [2.45, 2.75) is 19.4 Å². The maximum absolute atomic E-state index is 8.79. The van der Waals surface area contributed by atoms with Crippen molar-refractivity contribution in [1.29, 1.82) is 0 Å². The van der Waals surface area contributed by atoms with Crippen LogP contribution in [0.2, 0.25) is 0 Å². The Morgan fingerprint density at radius 2 is 2.33 bits per heavy atom. The molecule has 1 atom stereocenters. The molecule has 0 amide bonds. The van der Waals surface area contributed by atoms with Crippen LogP contribution in [0.1, 0.15) is 24.4 Å². The molecule has 0 radical (unpaired) electrons. The lowest BCUT2D eigenvalue weighted by atomic mass is 10.2. The van der Waals surface area contributed by atoms with Crippen molar-refractivity contribution in [2.75, 3.05) is 6.61 Å². The average Bonchev–Trinajstić information content (AvgIpc) is 2.17. The Kier molecular flexibility index (Phi) is 3.19. The first-order valence-corrected chi connectivity index (χ1v) is 4.10. The second-order valence-corrected chi connectivity index (χ2v) is 2.70. The number of aliphatic hydroxyl groups excluding tert-OH is 1. The number of pyridine rings is 1. The highest BCUT2D eigenvalue weighted by Crippen LogP contribution is 2.07. The predicted molar refractivity (Wildman–Crippen MR) is 47.6 cm³/mol. The molecule has 0 bridgehead atoms. The molecule has 66 valence electrons. The van der Waals surface area contributed by atoms with Gasteiger partial charge in [0.2, 0.25) is 0 Å². The number of aryl methyl sites for hydroxylation is 1. The van der Waals surface area contributed by atoms with Gasteiger partial charge in [0, 0.05) is 5.69 Å². The zero-order valence-electron chi connectivity index (χ0n) is 7.20. The summed E-state index contributed by atoms with van der Waals surface area (Å²) in [5.41, 5.74) is 7.38. The zero-order valence-corrected chi connectivity index (χ0v) is 7.20. The maximum atomic E-state index is 8.79. The lowest BCUT2D eigenvalue weighted by Gasteiger charge is -2.07. The maximum Gasteiger partial charge on any atom is 0.0705 e. The number of hydrogen-bond donors (Lipinski definition) is 2. The SMILES string of the molecule is CCc1cccc([C@H](N)CO)n1. The smallest absolute Gasteiger partial charge is 0.0705 e. The van der Waals surface area contributed by atoms with Gasteiger partial charge in [-0.05, 0) is 18.6 Å². The Balaban J connectivity index is 2.86. The highest BCUT2D eigenvalue weighted by atomic mass is 16.3. The number of hydrogen-bond acceptors (Lipinski definition) is 3. The fourth-order valence-electron chi connectivity index (χ4n) is 0.995. The fraction of sp³-hybridized carbons (Fsp3) is 0.444. The van der Waals surface area contributed by atoms with E-state index in [4.69, 9.17) is 10.8 Å². The minimum atomic E-state index is -0.350. The molecule has 12 heavy (non-hydrogen) atoms. The lowest BCUT2D eigenvalue weighted by molar-refractivity contribution is 0.265. The Morgan fingerprint density at radius 1 is 1.58 bits per heavy atom. The minimum absolute atomic E-state index is 0.0554. The number of aromatic nitrogens is 1. The molecule has 0 aliphatic rings. The third kappa shape index (κ3) is 2.03. The van der Waals surface area contributed by atoms with Gasteiger partial charge in [0.25, 0.3) is 0 Å². The standard InChI is InChI=1S/C9H14N2O/c1-2-7-4-3-5-9(11-7)8(10)6-12/h3-5,8,12H,2,6,10H2,1H3/t8-/m1/s1. The third-order valence-corrected chi connectivity index (χ3v) is 1.77. The van der Waals surface area contributed by atoms with Crippen molar-refractivity contribution in [1.82, 2.24) is 4.98 Å². The van der Waals surface area contributed by atoms with E-state index in [0.717, 1.165) is 17.8 Å². The predicted octanol–water partition coefficient (Wildman–Crippen LogP) is 0.636. The minimum Gasteiger partial charge on any atom is -0.394 e. The van der Waals surface area contributed by atoms with E-state index >= 15 is 0 Å². The molecule has 3 nitrogen and oxygen atoms in total. The first-order valence-electron chi connectivity index (χ1n) is 4.10. The molecular formula is C9H14N2O. The van der Waals surface area contributed by atoms with Gasteiger partial charge in [-0.2, -0.15) is 0 Å². The lowest BCUT2D eigenvalue weighted by Crippen LogP contribution is -2.16. The molecule has 0 spiro atoms. The van der Waals surface area contributed by atoms with Gasteiger partial charge in [0.05, 0.1) is 18.3 Å². The van der Waals surface area contributed by atoms with E-state index in [2.05, 4.69) is 4.98 Å². The Bertz CT molecular complexity index is 250. The van der Waals surface area contributed by atoms with Gasteiger partial charge < -0.3 is 10.8 Å². The molecule has 0 aliphatic carbocycles. The third-order valence-electron chi connectivity index (χ3n) is 1.77. The van der Waals surface area contributed by atoms with Crippen LogP contribution in [0.4, 0.5) is 0 Å². The van der Waals surface area contributed by atoms with Crippen LogP contribution in [0.5, 0.6) is 0 Å². The van der Waals surface area contributed by atoms with Crippen molar-refractivity contribution in [3.05, 3.63) is 29.6 Å². The second kappa shape index (κ2) is 4.18. The van der Waals surface area contributed by atoms with Crippen molar-refractivity contribution < 1.29 is 5.11 Å². The molecule has 3 heteroatoms. The van der Waals surface area contributed by atoms with Gasteiger partial charge in [0.15, 0.2) is 0 Å². The average molecular weight is 166 g/mol. The van der Waals surface area contributed by atoms with E-state index in [-0.39, 0.29) is 12.6 Å². The van der Waals surface area contributed by atoms with E-state index in [1.807, 2.05) is 25.1 Å². The van der Waals surface area contributed by atoms with Gasteiger partial charge in [-0.3, -0.25) is 4.98 Å². The number of nitrogens with zero attached hydrogens (tertiary/aromatic N) is 1. The van der Waals surface area contributed by atoms with Gasteiger partial charge in [-0.15, -0.1) is 0 Å². The van der Waals surface area contributed by atoms with Crippen molar-refractivity contribution in [3.8, 4) is 0 Å². The normalized spacial score (nSPS) is 12.9. The molecule has 1 heterocycles. The summed E-state index contributed by atoms with van der Waals surface area (Å²) in [5, 5.41) is 8.79. The van der Waals surface area contributed by atoms with E-state index in [1.54, 1.807) is 0 Å². The summed E-state index contributed by atoms with van der Waals surface area (Å²) in [6.45, 7) is 1.98.